The number of fused-ring (bicyclic) bond motifs is 1. The van der Waals surface area contributed by atoms with Crippen molar-refractivity contribution in [3.8, 4) is 5.75 Å². The molecule has 6 nitrogen and oxygen atoms in total. The number of amides is 1. The Labute approximate surface area is 110 Å². The Bertz CT molecular complexity index is 595. The molecule has 1 N–H and O–H groups in total. The fourth-order valence-corrected chi connectivity index (χ4v) is 2.40. The zero-order valence-corrected chi connectivity index (χ0v) is 10.6. The largest absolute Gasteiger partial charge is 0.496 e. The molecule has 1 amide bonds. The van der Waals surface area contributed by atoms with Crippen molar-refractivity contribution in [1.82, 2.24) is 20.1 Å². The van der Waals surface area contributed by atoms with Crippen molar-refractivity contribution in [2.24, 2.45) is 0 Å². The molecule has 0 fully saturated rings. The van der Waals surface area contributed by atoms with Gasteiger partial charge in [0.05, 0.1) is 7.11 Å². The second-order valence-electron chi connectivity index (χ2n) is 4.41. The van der Waals surface area contributed by atoms with Crippen molar-refractivity contribution in [1.29, 1.82) is 0 Å². The summed E-state index contributed by atoms with van der Waals surface area (Å²) < 4.78 is 5.35. The first kappa shape index (κ1) is 11.7. The molecule has 0 unspecified atom stereocenters. The number of aromatic amines is 1. The maximum Gasteiger partial charge on any atom is 0.291 e. The van der Waals surface area contributed by atoms with Gasteiger partial charge in [0.2, 0.25) is 5.82 Å². The molecule has 1 aromatic heterocycles. The van der Waals surface area contributed by atoms with Gasteiger partial charge in [0, 0.05) is 18.7 Å². The molecule has 0 bridgehead atoms. The quantitative estimate of drug-likeness (QED) is 0.872. The third-order valence-corrected chi connectivity index (χ3v) is 3.35. The van der Waals surface area contributed by atoms with Crippen molar-refractivity contribution in [3.05, 3.63) is 41.5 Å². The lowest BCUT2D eigenvalue weighted by atomic mass is 9.98. The molecule has 0 aliphatic carbocycles. The van der Waals surface area contributed by atoms with Crippen LogP contribution in [-0.2, 0) is 13.0 Å². The van der Waals surface area contributed by atoms with Crippen molar-refractivity contribution in [3.63, 3.8) is 0 Å². The highest BCUT2D eigenvalue weighted by Gasteiger charge is 2.24. The van der Waals surface area contributed by atoms with Crippen LogP contribution in [-0.4, -0.2) is 39.6 Å². The number of aromatic nitrogens is 3. The SMILES string of the molecule is COc1cccc2c1CCN(C(=O)c1ncn[nH]1)C2. The molecule has 0 saturated carbocycles. The fourth-order valence-electron chi connectivity index (χ4n) is 2.40. The molecule has 1 aromatic carbocycles. The van der Waals surface area contributed by atoms with Crippen LogP contribution in [0.1, 0.15) is 21.7 Å². The normalized spacial score (nSPS) is 14.1. The number of methoxy groups -OCH3 is 1. The number of benzene rings is 1. The molecule has 2 heterocycles. The summed E-state index contributed by atoms with van der Waals surface area (Å²) in [4.78, 5) is 17.9. The highest BCUT2D eigenvalue weighted by molar-refractivity contribution is 5.90. The third kappa shape index (κ3) is 2.05. The van der Waals surface area contributed by atoms with E-state index >= 15 is 0 Å². The molecule has 1 aliphatic rings. The van der Waals surface area contributed by atoms with Crippen LogP contribution >= 0.6 is 0 Å². The number of carbonyl (C=O) groups is 1. The van der Waals surface area contributed by atoms with Gasteiger partial charge < -0.3 is 9.64 Å². The van der Waals surface area contributed by atoms with E-state index in [1.165, 1.54) is 11.9 Å². The van der Waals surface area contributed by atoms with Gasteiger partial charge in [-0.15, -0.1) is 0 Å². The number of rotatable bonds is 2. The summed E-state index contributed by atoms with van der Waals surface area (Å²) in [5.74, 6) is 1.06. The van der Waals surface area contributed by atoms with Gasteiger partial charge in [-0.2, -0.15) is 5.10 Å². The third-order valence-electron chi connectivity index (χ3n) is 3.35. The maximum absolute atomic E-state index is 12.2. The van der Waals surface area contributed by atoms with E-state index in [1.54, 1.807) is 12.0 Å². The van der Waals surface area contributed by atoms with Crippen LogP contribution in [0, 0.1) is 0 Å². The zero-order valence-electron chi connectivity index (χ0n) is 10.6. The van der Waals surface area contributed by atoms with E-state index in [-0.39, 0.29) is 11.7 Å². The fraction of sp³-hybridized carbons (Fsp3) is 0.308. The molecule has 6 heteroatoms. The highest BCUT2D eigenvalue weighted by Crippen LogP contribution is 2.27. The minimum atomic E-state index is -0.119. The van der Waals surface area contributed by atoms with Crippen molar-refractivity contribution >= 4 is 5.91 Å². The molecule has 0 saturated heterocycles. The topological polar surface area (TPSA) is 71.1 Å². The Balaban J connectivity index is 1.85. The molecule has 98 valence electrons. The van der Waals surface area contributed by atoms with Crippen LogP contribution in [0.25, 0.3) is 0 Å². The van der Waals surface area contributed by atoms with Gasteiger partial charge >= 0.3 is 0 Å². The summed E-state index contributed by atoms with van der Waals surface area (Å²) in [6.45, 7) is 1.24. The van der Waals surface area contributed by atoms with Crippen LogP contribution in [0.3, 0.4) is 0 Å². The first-order chi connectivity index (χ1) is 9.29. The Hall–Kier alpha value is -2.37. The summed E-state index contributed by atoms with van der Waals surface area (Å²) in [5.41, 5.74) is 2.31. The molecule has 0 spiro atoms. The number of hydrogen-bond acceptors (Lipinski definition) is 4. The second kappa shape index (κ2) is 4.72. The molecule has 0 radical (unpaired) electrons. The average Bonchev–Trinajstić information content (AvgIpc) is 2.99. The van der Waals surface area contributed by atoms with E-state index in [0.717, 1.165) is 17.7 Å². The van der Waals surface area contributed by atoms with E-state index in [9.17, 15) is 4.79 Å². The molecule has 19 heavy (non-hydrogen) atoms. The van der Waals surface area contributed by atoms with Gasteiger partial charge in [-0.1, -0.05) is 12.1 Å². The summed E-state index contributed by atoms with van der Waals surface area (Å²) in [6.07, 6.45) is 2.13. The molecule has 0 atom stereocenters. The van der Waals surface area contributed by atoms with Crippen LogP contribution < -0.4 is 4.74 Å². The van der Waals surface area contributed by atoms with E-state index < -0.39 is 0 Å². The monoisotopic (exact) mass is 258 g/mol. The minimum absolute atomic E-state index is 0.119. The lowest BCUT2D eigenvalue weighted by Gasteiger charge is -2.29. The second-order valence-corrected chi connectivity index (χ2v) is 4.41. The van der Waals surface area contributed by atoms with Gasteiger partial charge in [0.25, 0.3) is 5.91 Å². The van der Waals surface area contributed by atoms with E-state index in [2.05, 4.69) is 15.2 Å². The molecule has 3 rings (SSSR count). The predicted octanol–water partition coefficient (Wildman–Crippen LogP) is 1.01. The van der Waals surface area contributed by atoms with Gasteiger partial charge in [0.15, 0.2) is 0 Å². The summed E-state index contributed by atoms with van der Waals surface area (Å²) >= 11 is 0. The van der Waals surface area contributed by atoms with Crippen molar-refractivity contribution in [2.75, 3.05) is 13.7 Å². The molecule has 1 aliphatic heterocycles. The van der Waals surface area contributed by atoms with E-state index in [4.69, 9.17) is 4.74 Å². The number of nitrogens with zero attached hydrogens (tertiary/aromatic N) is 3. The molecular weight excluding hydrogens is 244 g/mol. The first-order valence-corrected chi connectivity index (χ1v) is 6.09. The zero-order chi connectivity index (χ0) is 13.2. The number of carbonyl (C=O) groups excluding carboxylic acids is 1. The number of nitrogens with one attached hydrogen (secondary N) is 1. The average molecular weight is 258 g/mol. The Kier molecular flexibility index (Phi) is 2.91. The number of ether oxygens (including phenoxy) is 1. The van der Waals surface area contributed by atoms with Gasteiger partial charge in [0.1, 0.15) is 12.1 Å². The lowest BCUT2D eigenvalue weighted by molar-refractivity contribution is 0.0722. The van der Waals surface area contributed by atoms with Crippen LogP contribution in [0.5, 0.6) is 5.75 Å². The minimum Gasteiger partial charge on any atom is -0.496 e. The summed E-state index contributed by atoms with van der Waals surface area (Å²) in [6, 6.07) is 5.92. The van der Waals surface area contributed by atoms with E-state index in [0.29, 0.717) is 13.1 Å². The standard InChI is InChI=1S/C13H14N4O2/c1-19-11-4-2-3-9-7-17(6-5-10(9)11)13(18)12-14-8-15-16-12/h2-4,8H,5-7H2,1H3,(H,14,15,16). The lowest BCUT2D eigenvalue weighted by Crippen LogP contribution is -2.36. The van der Waals surface area contributed by atoms with Crippen molar-refractivity contribution in [2.45, 2.75) is 13.0 Å². The van der Waals surface area contributed by atoms with Gasteiger partial charge in [-0.25, -0.2) is 4.98 Å². The van der Waals surface area contributed by atoms with Gasteiger partial charge in [-0.3, -0.25) is 9.89 Å². The number of H-pyrrole nitrogens is 1. The predicted molar refractivity (Wildman–Crippen MR) is 67.8 cm³/mol. The van der Waals surface area contributed by atoms with Crippen molar-refractivity contribution < 1.29 is 9.53 Å². The number of hydrogen-bond donors (Lipinski definition) is 1. The Morgan fingerprint density at radius 2 is 2.37 bits per heavy atom. The van der Waals surface area contributed by atoms with E-state index in [1.807, 2.05) is 18.2 Å². The Morgan fingerprint density at radius 1 is 1.47 bits per heavy atom. The Morgan fingerprint density at radius 3 is 3.11 bits per heavy atom. The first-order valence-electron chi connectivity index (χ1n) is 6.09. The smallest absolute Gasteiger partial charge is 0.291 e. The highest BCUT2D eigenvalue weighted by atomic mass is 16.5. The molecular formula is C13H14N4O2. The maximum atomic E-state index is 12.2. The summed E-state index contributed by atoms with van der Waals surface area (Å²) in [5, 5.41) is 6.31. The summed E-state index contributed by atoms with van der Waals surface area (Å²) in [7, 11) is 1.67. The van der Waals surface area contributed by atoms with Crippen LogP contribution in [0.15, 0.2) is 24.5 Å². The van der Waals surface area contributed by atoms with Crippen LogP contribution in [0.2, 0.25) is 0 Å². The van der Waals surface area contributed by atoms with Gasteiger partial charge in [-0.05, 0) is 18.1 Å². The van der Waals surface area contributed by atoms with Crippen LogP contribution in [0.4, 0.5) is 0 Å². The molecule has 2 aromatic rings.